The summed E-state index contributed by atoms with van der Waals surface area (Å²) in [5.41, 5.74) is 5.43. The lowest BCUT2D eigenvalue weighted by Crippen LogP contribution is -2.36. The molecular formula is C38H60N4O2. The molecule has 0 bridgehead atoms. The molecule has 2 N–H and O–H groups in total. The number of hydrogen-bond acceptors (Lipinski definition) is 6. The van der Waals surface area contributed by atoms with Crippen molar-refractivity contribution < 1.29 is 9.47 Å². The van der Waals surface area contributed by atoms with Crippen LogP contribution in [0.25, 0.3) is 0 Å². The minimum absolute atomic E-state index is 0.695. The summed E-state index contributed by atoms with van der Waals surface area (Å²) in [5.74, 6) is 3.21. The smallest absolute Gasteiger partial charge is 0.0480 e. The Hall–Kier alpha value is -1.86. The van der Waals surface area contributed by atoms with Crippen LogP contribution in [0.2, 0.25) is 0 Å². The van der Waals surface area contributed by atoms with Crippen LogP contribution in [-0.2, 0) is 9.47 Å². The zero-order valence-corrected chi connectivity index (χ0v) is 27.8. The van der Waals surface area contributed by atoms with Gasteiger partial charge in [-0.15, -0.1) is 0 Å². The lowest BCUT2D eigenvalue weighted by molar-refractivity contribution is 0.0773. The van der Waals surface area contributed by atoms with Gasteiger partial charge in [0.15, 0.2) is 0 Å². The van der Waals surface area contributed by atoms with Gasteiger partial charge in [-0.2, -0.15) is 0 Å². The molecule has 244 valence electrons. The van der Waals surface area contributed by atoms with E-state index >= 15 is 0 Å². The SMILES string of the molecule is Cc1cccnc1C1CCC(CCNC2CCOCC2)CC1.Cc1cccnc1C1CCC(CCNC2CCOCC2)CC1. The molecule has 2 aromatic heterocycles. The van der Waals surface area contributed by atoms with Gasteiger partial charge in [-0.05, 0) is 152 Å². The second-order valence-electron chi connectivity index (χ2n) is 14.1. The minimum Gasteiger partial charge on any atom is -0.381 e. The number of rotatable bonds is 10. The summed E-state index contributed by atoms with van der Waals surface area (Å²) in [4.78, 5) is 9.25. The Labute approximate surface area is 267 Å². The average molecular weight is 605 g/mol. The largest absolute Gasteiger partial charge is 0.381 e. The van der Waals surface area contributed by atoms with Crippen LogP contribution in [0.1, 0.15) is 124 Å². The predicted molar refractivity (Wildman–Crippen MR) is 180 cm³/mol. The monoisotopic (exact) mass is 604 g/mol. The van der Waals surface area contributed by atoms with Gasteiger partial charge in [0.2, 0.25) is 0 Å². The number of aryl methyl sites for hydroxylation is 2. The summed E-state index contributed by atoms with van der Waals surface area (Å²) in [6.45, 7) is 10.5. The van der Waals surface area contributed by atoms with Gasteiger partial charge in [-0.25, -0.2) is 0 Å². The van der Waals surface area contributed by atoms with E-state index < -0.39 is 0 Å². The fourth-order valence-electron chi connectivity index (χ4n) is 8.09. The van der Waals surface area contributed by atoms with E-state index in [1.165, 1.54) is 125 Å². The number of nitrogens with one attached hydrogen (secondary N) is 2. The van der Waals surface area contributed by atoms with Gasteiger partial charge in [-0.1, -0.05) is 12.1 Å². The normalized spacial score (nSPS) is 27.0. The molecular weight excluding hydrogens is 544 g/mol. The number of hydrogen-bond donors (Lipinski definition) is 2. The Morgan fingerprint density at radius 3 is 1.32 bits per heavy atom. The maximum absolute atomic E-state index is 5.41. The van der Waals surface area contributed by atoms with E-state index in [-0.39, 0.29) is 0 Å². The van der Waals surface area contributed by atoms with Crippen LogP contribution in [0.15, 0.2) is 36.7 Å². The van der Waals surface area contributed by atoms with Crippen LogP contribution in [0, 0.1) is 25.7 Å². The highest BCUT2D eigenvalue weighted by Gasteiger charge is 2.25. The summed E-state index contributed by atoms with van der Waals surface area (Å²) >= 11 is 0. The van der Waals surface area contributed by atoms with Gasteiger partial charge >= 0.3 is 0 Å². The molecule has 0 radical (unpaired) electrons. The van der Waals surface area contributed by atoms with Crippen LogP contribution in [0.3, 0.4) is 0 Å². The fourth-order valence-corrected chi connectivity index (χ4v) is 8.09. The van der Waals surface area contributed by atoms with Crippen LogP contribution >= 0.6 is 0 Å². The molecule has 6 rings (SSSR count). The van der Waals surface area contributed by atoms with Crippen molar-refractivity contribution in [1.29, 1.82) is 0 Å². The number of nitrogens with zero attached hydrogens (tertiary/aromatic N) is 2. The Kier molecular flexibility index (Phi) is 14.0. The third kappa shape index (κ3) is 10.6. The van der Waals surface area contributed by atoms with E-state index in [2.05, 4.69) is 46.6 Å². The Bertz CT molecular complexity index is 983. The highest BCUT2D eigenvalue weighted by molar-refractivity contribution is 5.22. The molecule has 0 amide bonds. The minimum atomic E-state index is 0.695. The molecule has 4 fully saturated rings. The van der Waals surface area contributed by atoms with Crippen molar-refractivity contribution in [3.05, 3.63) is 59.2 Å². The van der Waals surface area contributed by atoms with Gasteiger partial charge in [0, 0.05) is 74.1 Å². The van der Waals surface area contributed by atoms with Crippen molar-refractivity contribution in [2.75, 3.05) is 39.5 Å². The fraction of sp³-hybridized carbons (Fsp3) is 0.737. The van der Waals surface area contributed by atoms with Gasteiger partial charge in [0.05, 0.1) is 0 Å². The molecule has 44 heavy (non-hydrogen) atoms. The first-order valence-corrected chi connectivity index (χ1v) is 18.1. The molecule has 0 unspecified atom stereocenters. The van der Waals surface area contributed by atoms with Crippen molar-refractivity contribution in [2.24, 2.45) is 11.8 Å². The van der Waals surface area contributed by atoms with Crippen molar-refractivity contribution >= 4 is 0 Å². The molecule has 2 aliphatic heterocycles. The Morgan fingerprint density at radius 1 is 0.568 bits per heavy atom. The van der Waals surface area contributed by atoms with Crippen LogP contribution in [-0.4, -0.2) is 61.6 Å². The Balaban J connectivity index is 0.000000175. The second-order valence-corrected chi connectivity index (χ2v) is 14.1. The standard InChI is InChI=1S/2C19H30N2O/c2*1-15-3-2-11-21-19(15)17-6-4-16(5-7-17)8-12-20-18-9-13-22-14-10-18/h2*2-3,11,16-18,20H,4-10,12-14H2,1H3. The van der Waals surface area contributed by atoms with E-state index in [4.69, 9.17) is 9.47 Å². The topological polar surface area (TPSA) is 68.3 Å². The molecule has 0 atom stereocenters. The van der Waals surface area contributed by atoms with Gasteiger partial charge in [0.25, 0.3) is 0 Å². The predicted octanol–water partition coefficient (Wildman–Crippen LogP) is 7.65. The molecule has 4 aliphatic rings. The second kappa shape index (κ2) is 18.3. The molecule has 6 nitrogen and oxygen atoms in total. The van der Waals surface area contributed by atoms with Gasteiger partial charge in [-0.3, -0.25) is 9.97 Å². The van der Waals surface area contributed by atoms with E-state index in [1.54, 1.807) is 0 Å². The lowest BCUT2D eigenvalue weighted by Gasteiger charge is -2.30. The summed E-state index contributed by atoms with van der Waals surface area (Å²) in [6.07, 6.45) is 22.1. The molecule has 4 heterocycles. The molecule has 2 aromatic rings. The molecule has 0 aromatic carbocycles. The average Bonchev–Trinajstić information content (AvgIpc) is 3.07. The number of ether oxygens (including phenoxy) is 2. The maximum Gasteiger partial charge on any atom is 0.0480 e. The molecule has 2 aliphatic carbocycles. The van der Waals surface area contributed by atoms with Crippen LogP contribution in [0.4, 0.5) is 0 Å². The lowest BCUT2D eigenvalue weighted by atomic mass is 9.78. The van der Waals surface area contributed by atoms with Gasteiger partial charge in [0.1, 0.15) is 0 Å². The summed E-state index contributed by atoms with van der Waals surface area (Å²) in [7, 11) is 0. The quantitative estimate of drug-likeness (QED) is 0.290. The first-order chi connectivity index (χ1) is 21.7. The molecule has 2 saturated heterocycles. The van der Waals surface area contributed by atoms with Crippen LogP contribution < -0.4 is 10.6 Å². The number of aromatic nitrogens is 2. The molecule has 2 saturated carbocycles. The summed E-state index contributed by atoms with van der Waals surface area (Å²) in [6, 6.07) is 9.89. The first kappa shape index (κ1) is 33.5. The van der Waals surface area contributed by atoms with E-state index in [1.807, 2.05) is 24.5 Å². The molecule has 0 spiro atoms. The third-order valence-electron chi connectivity index (χ3n) is 11.0. The van der Waals surface area contributed by atoms with E-state index in [0.29, 0.717) is 23.9 Å². The Morgan fingerprint density at radius 2 is 0.955 bits per heavy atom. The van der Waals surface area contributed by atoms with Gasteiger partial charge < -0.3 is 20.1 Å². The van der Waals surface area contributed by atoms with Crippen molar-refractivity contribution in [2.45, 2.75) is 128 Å². The summed E-state index contributed by atoms with van der Waals surface area (Å²) < 4.78 is 10.8. The zero-order valence-electron chi connectivity index (χ0n) is 27.8. The highest BCUT2D eigenvalue weighted by atomic mass is 16.5. The van der Waals surface area contributed by atoms with Crippen LogP contribution in [0.5, 0.6) is 0 Å². The van der Waals surface area contributed by atoms with E-state index in [0.717, 1.165) is 38.3 Å². The van der Waals surface area contributed by atoms with Crippen molar-refractivity contribution in [3.8, 4) is 0 Å². The third-order valence-corrected chi connectivity index (χ3v) is 11.0. The van der Waals surface area contributed by atoms with Crippen molar-refractivity contribution in [1.82, 2.24) is 20.6 Å². The van der Waals surface area contributed by atoms with E-state index in [9.17, 15) is 0 Å². The summed E-state index contributed by atoms with van der Waals surface area (Å²) in [5, 5.41) is 7.46. The van der Waals surface area contributed by atoms with Crippen molar-refractivity contribution in [3.63, 3.8) is 0 Å². The number of pyridine rings is 2. The highest BCUT2D eigenvalue weighted by Crippen LogP contribution is 2.38. The first-order valence-electron chi connectivity index (χ1n) is 18.1. The maximum atomic E-state index is 5.41. The zero-order chi connectivity index (χ0) is 30.4. The molecule has 6 heteroatoms.